The number of hydrogen-bond donors (Lipinski definition) is 0. The number of ketones is 1. The summed E-state index contributed by atoms with van der Waals surface area (Å²) in [5, 5.41) is 0.616. The van der Waals surface area contributed by atoms with Gasteiger partial charge in [-0.1, -0.05) is 30.7 Å². The fourth-order valence-electron chi connectivity index (χ4n) is 2.40. The van der Waals surface area contributed by atoms with E-state index >= 15 is 0 Å². The Hall–Kier alpha value is -1.35. The summed E-state index contributed by atoms with van der Waals surface area (Å²) in [5.74, 6) is -0.803. The Balaban J connectivity index is 2.38. The maximum absolute atomic E-state index is 12.4. The van der Waals surface area contributed by atoms with E-state index in [0.717, 1.165) is 5.56 Å². The van der Waals surface area contributed by atoms with Crippen LogP contribution in [0, 0.1) is 11.3 Å². The SMILES string of the molecule is CCC1C(=O)C(C)(C)C(=O)OC1c1ccc(Cl)cc1. The maximum Gasteiger partial charge on any atom is 0.319 e. The molecule has 2 rings (SSSR count). The Morgan fingerprint density at radius 1 is 1.21 bits per heavy atom. The van der Waals surface area contributed by atoms with Crippen LogP contribution >= 0.6 is 11.6 Å². The molecule has 4 heteroatoms. The van der Waals surface area contributed by atoms with E-state index in [-0.39, 0.29) is 11.7 Å². The van der Waals surface area contributed by atoms with Gasteiger partial charge in [0.2, 0.25) is 0 Å². The van der Waals surface area contributed by atoms with Crippen molar-refractivity contribution in [2.24, 2.45) is 11.3 Å². The van der Waals surface area contributed by atoms with Crippen LogP contribution in [-0.2, 0) is 14.3 Å². The third-order valence-corrected chi connectivity index (χ3v) is 3.95. The zero-order chi connectivity index (χ0) is 14.2. The Bertz CT molecular complexity index is 505. The van der Waals surface area contributed by atoms with Crippen molar-refractivity contribution in [3.8, 4) is 0 Å². The summed E-state index contributed by atoms with van der Waals surface area (Å²) in [6.45, 7) is 5.18. The van der Waals surface area contributed by atoms with Gasteiger partial charge in [-0.3, -0.25) is 9.59 Å². The molecule has 1 aliphatic heterocycles. The van der Waals surface area contributed by atoms with Crippen molar-refractivity contribution in [2.75, 3.05) is 0 Å². The molecule has 2 atom stereocenters. The maximum atomic E-state index is 12.4. The van der Waals surface area contributed by atoms with Crippen molar-refractivity contribution in [3.05, 3.63) is 34.9 Å². The summed E-state index contributed by atoms with van der Waals surface area (Å²) < 4.78 is 5.50. The summed E-state index contributed by atoms with van der Waals surface area (Å²) in [7, 11) is 0. The number of benzene rings is 1. The molecule has 1 aliphatic rings. The molecule has 1 heterocycles. The van der Waals surface area contributed by atoms with Gasteiger partial charge in [-0.2, -0.15) is 0 Å². The number of hydrogen-bond acceptors (Lipinski definition) is 3. The van der Waals surface area contributed by atoms with E-state index in [0.29, 0.717) is 11.4 Å². The highest BCUT2D eigenvalue weighted by Gasteiger charge is 2.50. The lowest BCUT2D eigenvalue weighted by atomic mass is 9.74. The summed E-state index contributed by atoms with van der Waals surface area (Å²) in [6, 6.07) is 7.08. The fourth-order valence-corrected chi connectivity index (χ4v) is 2.52. The van der Waals surface area contributed by atoms with Gasteiger partial charge in [0.15, 0.2) is 5.78 Å². The van der Waals surface area contributed by atoms with E-state index in [4.69, 9.17) is 16.3 Å². The zero-order valence-corrected chi connectivity index (χ0v) is 12.0. The second-order valence-electron chi connectivity index (χ2n) is 5.38. The van der Waals surface area contributed by atoms with Crippen LogP contribution in [0.1, 0.15) is 38.9 Å². The molecular formula is C15H17ClO3. The second-order valence-corrected chi connectivity index (χ2v) is 5.82. The molecule has 1 aromatic rings. The first-order valence-electron chi connectivity index (χ1n) is 6.38. The molecular weight excluding hydrogens is 264 g/mol. The molecule has 1 fully saturated rings. The van der Waals surface area contributed by atoms with Crippen LogP contribution in [0.2, 0.25) is 5.02 Å². The first-order chi connectivity index (χ1) is 8.87. The molecule has 102 valence electrons. The van der Waals surface area contributed by atoms with Crippen molar-refractivity contribution in [1.29, 1.82) is 0 Å². The molecule has 0 spiro atoms. The Morgan fingerprint density at radius 2 is 1.79 bits per heavy atom. The minimum atomic E-state index is -1.05. The average molecular weight is 281 g/mol. The van der Waals surface area contributed by atoms with Gasteiger partial charge in [-0.15, -0.1) is 0 Å². The van der Waals surface area contributed by atoms with Crippen molar-refractivity contribution >= 4 is 23.4 Å². The third kappa shape index (κ3) is 2.39. The highest BCUT2D eigenvalue weighted by atomic mass is 35.5. The highest BCUT2D eigenvalue weighted by Crippen LogP contribution is 2.41. The Morgan fingerprint density at radius 3 is 2.32 bits per heavy atom. The number of carbonyl (C=O) groups is 2. The third-order valence-electron chi connectivity index (χ3n) is 3.70. The number of cyclic esters (lactones) is 1. The molecule has 3 nitrogen and oxygen atoms in total. The standard InChI is InChI=1S/C15H17ClO3/c1-4-11-12(9-5-7-10(16)8-6-9)19-14(18)15(2,3)13(11)17/h5-8,11-12H,4H2,1-3H3. The summed E-state index contributed by atoms with van der Waals surface area (Å²) >= 11 is 5.85. The first kappa shape index (κ1) is 14.1. The number of Topliss-reactive ketones (excluding diaryl/α,β-unsaturated/α-hetero) is 1. The minimum absolute atomic E-state index is 0.0498. The number of ether oxygens (including phenoxy) is 1. The quantitative estimate of drug-likeness (QED) is 0.614. The van der Waals surface area contributed by atoms with E-state index in [2.05, 4.69) is 0 Å². The van der Waals surface area contributed by atoms with Crippen LogP contribution in [-0.4, -0.2) is 11.8 Å². The summed E-state index contributed by atoms with van der Waals surface area (Å²) in [4.78, 5) is 24.4. The van der Waals surface area contributed by atoms with Crippen molar-refractivity contribution in [3.63, 3.8) is 0 Å². The molecule has 0 radical (unpaired) electrons. The molecule has 0 aromatic heterocycles. The van der Waals surface area contributed by atoms with Crippen LogP contribution < -0.4 is 0 Å². The molecule has 0 N–H and O–H groups in total. The first-order valence-corrected chi connectivity index (χ1v) is 6.76. The van der Waals surface area contributed by atoms with Gasteiger partial charge in [-0.25, -0.2) is 0 Å². The van der Waals surface area contributed by atoms with E-state index in [1.807, 2.05) is 6.92 Å². The summed E-state index contributed by atoms with van der Waals surface area (Å²) in [6.07, 6.45) is 0.137. The van der Waals surface area contributed by atoms with Crippen LogP contribution in [0.5, 0.6) is 0 Å². The van der Waals surface area contributed by atoms with Crippen LogP contribution in [0.15, 0.2) is 24.3 Å². The monoisotopic (exact) mass is 280 g/mol. The van der Waals surface area contributed by atoms with Crippen LogP contribution in [0.4, 0.5) is 0 Å². The number of esters is 1. The lowest BCUT2D eigenvalue weighted by Crippen LogP contribution is -2.47. The predicted octanol–water partition coefficient (Wildman–Crippen LogP) is 3.56. The van der Waals surface area contributed by atoms with Crippen molar-refractivity contribution in [1.82, 2.24) is 0 Å². The van der Waals surface area contributed by atoms with E-state index in [9.17, 15) is 9.59 Å². The van der Waals surface area contributed by atoms with Crippen molar-refractivity contribution in [2.45, 2.75) is 33.3 Å². The topological polar surface area (TPSA) is 43.4 Å². The number of carbonyl (C=O) groups excluding carboxylic acids is 2. The van der Waals surface area contributed by atoms with Gasteiger partial charge < -0.3 is 4.74 Å². The molecule has 0 aliphatic carbocycles. The smallest absolute Gasteiger partial charge is 0.319 e. The number of halogens is 1. The van der Waals surface area contributed by atoms with Gasteiger partial charge in [0.25, 0.3) is 0 Å². The van der Waals surface area contributed by atoms with E-state index < -0.39 is 17.5 Å². The van der Waals surface area contributed by atoms with E-state index in [1.54, 1.807) is 38.1 Å². The Kier molecular flexibility index (Phi) is 3.68. The average Bonchev–Trinajstić information content (AvgIpc) is 2.37. The van der Waals surface area contributed by atoms with Crippen LogP contribution in [0.25, 0.3) is 0 Å². The van der Waals surface area contributed by atoms with Gasteiger partial charge in [-0.05, 0) is 38.0 Å². The van der Waals surface area contributed by atoms with Gasteiger partial charge in [0, 0.05) is 5.02 Å². The zero-order valence-electron chi connectivity index (χ0n) is 11.3. The van der Waals surface area contributed by atoms with Gasteiger partial charge in [0.05, 0.1) is 5.92 Å². The lowest BCUT2D eigenvalue weighted by molar-refractivity contribution is -0.179. The molecule has 2 unspecified atom stereocenters. The lowest BCUT2D eigenvalue weighted by Gasteiger charge is -2.37. The summed E-state index contributed by atoms with van der Waals surface area (Å²) in [5.41, 5.74) is -0.239. The minimum Gasteiger partial charge on any atom is -0.456 e. The highest BCUT2D eigenvalue weighted by molar-refractivity contribution is 6.30. The fraction of sp³-hybridized carbons (Fsp3) is 0.467. The van der Waals surface area contributed by atoms with Gasteiger partial charge >= 0.3 is 5.97 Å². The largest absolute Gasteiger partial charge is 0.456 e. The molecule has 0 amide bonds. The normalized spacial score (nSPS) is 26.1. The molecule has 1 saturated heterocycles. The molecule has 1 aromatic carbocycles. The van der Waals surface area contributed by atoms with E-state index in [1.165, 1.54) is 0 Å². The molecule has 0 bridgehead atoms. The van der Waals surface area contributed by atoms with Crippen molar-refractivity contribution < 1.29 is 14.3 Å². The number of rotatable bonds is 2. The Labute approximate surface area is 117 Å². The van der Waals surface area contributed by atoms with Gasteiger partial charge in [0.1, 0.15) is 11.5 Å². The molecule has 19 heavy (non-hydrogen) atoms. The second kappa shape index (κ2) is 4.97. The van der Waals surface area contributed by atoms with Crippen LogP contribution in [0.3, 0.4) is 0 Å². The predicted molar refractivity (Wildman–Crippen MR) is 72.9 cm³/mol. The molecule has 0 saturated carbocycles.